The third kappa shape index (κ3) is 3.16. The van der Waals surface area contributed by atoms with Crippen LogP contribution in [0.15, 0.2) is 30.3 Å². The Morgan fingerprint density at radius 2 is 1.79 bits per heavy atom. The molecule has 0 saturated carbocycles. The summed E-state index contributed by atoms with van der Waals surface area (Å²) in [6.07, 6.45) is 0.413. The number of carbonyl (C=O) groups is 2. The summed E-state index contributed by atoms with van der Waals surface area (Å²) in [4.78, 5) is 24.3. The second kappa shape index (κ2) is 6.86. The molecule has 29 heavy (non-hydrogen) atoms. The van der Waals surface area contributed by atoms with Gasteiger partial charge in [0, 0.05) is 36.6 Å². The number of hydrazine groups is 1. The minimum Gasteiger partial charge on any atom is -0.482 e. The van der Waals surface area contributed by atoms with Crippen molar-refractivity contribution in [1.82, 2.24) is 10.9 Å². The molecule has 7 heteroatoms. The fourth-order valence-corrected chi connectivity index (χ4v) is 4.74. The SMILES string of the molecule is Cc1ccc(C)c(C2NNCC2C2CC(=O)Nc3cc4c(cc32)NC(=O)CO4)c1. The van der Waals surface area contributed by atoms with Crippen LogP contribution >= 0.6 is 0 Å². The standard InChI is InChI=1S/C22H24N4O3/c1-11-3-4-12(2)13(5-11)22-16(9-23-26-22)14-7-20(27)24-17-8-19-18(6-15(14)17)25-21(28)10-29-19/h3-6,8,14,16,22-23,26H,7,9-10H2,1-2H3,(H,24,27)(H,25,28). The first-order valence-corrected chi connectivity index (χ1v) is 9.95. The summed E-state index contributed by atoms with van der Waals surface area (Å²) in [5.41, 5.74) is 12.9. The van der Waals surface area contributed by atoms with E-state index in [1.54, 1.807) is 0 Å². The summed E-state index contributed by atoms with van der Waals surface area (Å²) < 4.78 is 5.53. The van der Waals surface area contributed by atoms with Crippen molar-refractivity contribution in [3.63, 3.8) is 0 Å². The van der Waals surface area contributed by atoms with E-state index in [1.807, 2.05) is 12.1 Å². The lowest BCUT2D eigenvalue weighted by molar-refractivity contribution is -0.119. The highest BCUT2D eigenvalue weighted by Crippen LogP contribution is 2.47. The Hall–Kier alpha value is -2.90. The van der Waals surface area contributed by atoms with Gasteiger partial charge in [0.25, 0.3) is 5.91 Å². The monoisotopic (exact) mass is 392 g/mol. The first-order chi connectivity index (χ1) is 14.0. The zero-order chi connectivity index (χ0) is 20.1. The molecule has 2 aromatic rings. The van der Waals surface area contributed by atoms with E-state index in [0.29, 0.717) is 17.9 Å². The normalized spacial score (nSPS) is 25.5. The van der Waals surface area contributed by atoms with E-state index in [-0.39, 0.29) is 36.3 Å². The maximum atomic E-state index is 12.5. The summed E-state index contributed by atoms with van der Waals surface area (Å²) in [5, 5.41) is 5.86. The average Bonchev–Trinajstić information content (AvgIpc) is 3.17. The number of amides is 2. The number of hydrogen-bond donors (Lipinski definition) is 4. The molecular weight excluding hydrogens is 368 g/mol. The molecule has 1 saturated heterocycles. The molecule has 0 aliphatic carbocycles. The average molecular weight is 392 g/mol. The number of rotatable bonds is 2. The molecule has 3 aliphatic heterocycles. The highest BCUT2D eigenvalue weighted by Gasteiger charge is 2.40. The number of anilines is 2. The van der Waals surface area contributed by atoms with Gasteiger partial charge in [-0.1, -0.05) is 23.8 Å². The number of hydrogen-bond acceptors (Lipinski definition) is 5. The van der Waals surface area contributed by atoms with E-state index in [4.69, 9.17) is 4.74 Å². The zero-order valence-corrected chi connectivity index (χ0v) is 16.5. The quantitative estimate of drug-likeness (QED) is 0.631. The van der Waals surface area contributed by atoms with E-state index in [2.05, 4.69) is 53.5 Å². The minimum atomic E-state index is -0.161. The van der Waals surface area contributed by atoms with E-state index >= 15 is 0 Å². The molecule has 5 rings (SSSR count). The van der Waals surface area contributed by atoms with E-state index < -0.39 is 0 Å². The lowest BCUT2D eigenvalue weighted by atomic mass is 9.75. The number of aryl methyl sites for hydroxylation is 2. The summed E-state index contributed by atoms with van der Waals surface area (Å²) in [6, 6.07) is 10.4. The molecular formula is C22H24N4O3. The Morgan fingerprint density at radius 3 is 2.66 bits per heavy atom. The van der Waals surface area contributed by atoms with Gasteiger partial charge in [-0.05, 0) is 36.6 Å². The first kappa shape index (κ1) is 18.1. The van der Waals surface area contributed by atoms with Crippen molar-refractivity contribution in [2.45, 2.75) is 32.2 Å². The molecule has 4 N–H and O–H groups in total. The van der Waals surface area contributed by atoms with Crippen LogP contribution in [-0.2, 0) is 9.59 Å². The molecule has 2 aromatic carbocycles. The highest BCUT2D eigenvalue weighted by atomic mass is 16.5. The second-order valence-corrected chi connectivity index (χ2v) is 8.16. The number of fused-ring (bicyclic) bond motifs is 2. The van der Waals surface area contributed by atoms with Gasteiger partial charge in [0.2, 0.25) is 5.91 Å². The number of ether oxygens (including phenoxy) is 1. The van der Waals surface area contributed by atoms with Crippen molar-refractivity contribution in [3.05, 3.63) is 52.6 Å². The van der Waals surface area contributed by atoms with Crippen LogP contribution in [0.5, 0.6) is 5.75 Å². The van der Waals surface area contributed by atoms with Crippen LogP contribution in [0.4, 0.5) is 11.4 Å². The first-order valence-electron chi connectivity index (χ1n) is 9.95. The second-order valence-electron chi connectivity index (χ2n) is 8.16. The lowest BCUT2D eigenvalue weighted by Gasteiger charge is -2.34. The molecule has 0 spiro atoms. The predicted molar refractivity (Wildman–Crippen MR) is 110 cm³/mol. The van der Waals surface area contributed by atoms with Crippen LogP contribution in [0.2, 0.25) is 0 Å². The summed E-state index contributed by atoms with van der Waals surface area (Å²) in [7, 11) is 0. The Labute approximate surface area is 169 Å². The molecule has 2 amide bonds. The predicted octanol–water partition coefficient (Wildman–Crippen LogP) is 2.53. The van der Waals surface area contributed by atoms with Crippen LogP contribution in [0.3, 0.4) is 0 Å². The number of carbonyl (C=O) groups excluding carboxylic acids is 2. The fraction of sp³-hybridized carbons (Fsp3) is 0.364. The molecule has 3 unspecified atom stereocenters. The van der Waals surface area contributed by atoms with Gasteiger partial charge in [-0.25, -0.2) is 5.43 Å². The Bertz CT molecular complexity index is 1020. The van der Waals surface area contributed by atoms with Crippen molar-refractivity contribution in [1.29, 1.82) is 0 Å². The summed E-state index contributed by atoms with van der Waals surface area (Å²) in [6.45, 7) is 4.97. The number of benzene rings is 2. The van der Waals surface area contributed by atoms with Crippen LogP contribution in [0.25, 0.3) is 0 Å². The third-order valence-corrected chi connectivity index (χ3v) is 6.17. The van der Waals surface area contributed by atoms with Crippen molar-refractivity contribution >= 4 is 23.2 Å². The molecule has 7 nitrogen and oxygen atoms in total. The third-order valence-electron chi connectivity index (χ3n) is 6.17. The topological polar surface area (TPSA) is 91.5 Å². The molecule has 1 fully saturated rings. The van der Waals surface area contributed by atoms with Crippen molar-refractivity contribution in [2.75, 3.05) is 23.8 Å². The molecule has 150 valence electrons. The molecule has 0 radical (unpaired) electrons. The van der Waals surface area contributed by atoms with Gasteiger partial charge < -0.3 is 15.4 Å². The van der Waals surface area contributed by atoms with E-state index in [1.165, 1.54) is 16.7 Å². The molecule has 3 atom stereocenters. The highest BCUT2D eigenvalue weighted by molar-refractivity contribution is 5.99. The van der Waals surface area contributed by atoms with Crippen LogP contribution in [0, 0.1) is 19.8 Å². The van der Waals surface area contributed by atoms with Gasteiger partial charge in [-0.3, -0.25) is 15.0 Å². The molecule has 0 bridgehead atoms. The molecule has 0 aromatic heterocycles. The van der Waals surface area contributed by atoms with Crippen LogP contribution < -0.4 is 26.2 Å². The minimum absolute atomic E-state index is 0.00562. The van der Waals surface area contributed by atoms with Crippen LogP contribution in [-0.4, -0.2) is 25.0 Å². The number of nitrogens with one attached hydrogen (secondary N) is 4. The fourth-order valence-electron chi connectivity index (χ4n) is 4.74. The molecule has 3 heterocycles. The Balaban J connectivity index is 1.56. The lowest BCUT2D eigenvalue weighted by Crippen LogP contribution is -2.32. The van der Waals surface area contributed by atoms with Gasteiger partial charge in [0.15, 0.2) is 6.61 Å². The Kier molecular flexibility index (Phi) is 4.29. The maximum Gasteiger partial charge on any atom is 0.262 e. The van der Waals surface area contributed by atoms with Gasteiger partial charge in [-0.2, -0.15) is 0 Å². The zero-order valence-electron chi connectivity index (χ0n) is 16.5. The largest absolute Gasteiger partial charge is 0.482 e. The maximum absolute atomic E-state index is 12.5. The van der Waals surface area contributed by atoms with E-state index in [9.17, 15) is 9.59 Å². The van der Waals surface area contributed by atoms with Gasteiger partial charge in [-0.15, -0.1) is 0 Å². The van der Waals surface area contributed by atoms with Crippen molar-refractivity contribution in [3.8, 4) is 5.75 Å². The molecule has 3 aliphatic rings. The van der Waals surface area contributed by atoms with Crippen LogP contribution in [0.1, 0.15) is 40.6 Å². The van der Waals surface area contributed by atoms with Gasteiger partial charge in [0.1, 0.15) is 5.75 Å². The smallest absolute Gasteiger partial charge is 0.262 e. The van der Waals surface area contributed by atoms with Crippen molar-refractivity contribution in [2.24, 2.45) is 5.92 Å². The van der Waals surface area contributed by atoms with E-state index in [0.717, 1.165) is 17.8 Å². The van der Waals surface area contributed by atoms with Crippen molar-refractivity contribution < 1.29 is 14.3 Å². The van der Waals surface area contributed by atoms with Gasteiger partial charge in [0.05, 0.1) is 11.7 Å². The summed E-state index contributed by atoms with van der Waals surface area (Å²) >= 11 is 0. The Morgan fingerprint density at radius 1 is 0.966 bits per heavy atom. The van der Waals surface area contributed by atoms with Gasteiger partial charge >= 0.3 is 0 Å². The summed E-state index contributed by atoms with van der Waals surface area (Å²) in [5.74, 6) is 0.659.